The third-order valence-corrected chi connectivity index (χ3v) is 8.01. The van der Waals surface area contributed by atoms with Gasteiger partial charge in [0.05, 0.1) is 22.4 Å². The summed E-state index contributed by atoms with van der Waals surface area (Å²) in [5, 5.41) is 11.2. The van der Waals surface area contributed by atoms with E-state index in [4.69, 9.17) is 14.4 Å². The van der Waals surface area contributed by atoms with Crippen molar-refractivity contribution in [2.24, 2.45) is 0 Å². The number of benzene rings is 6. The fourth-order valence-corrected chi connectivity index (χ4v) is 6.37. The van der Waals surface area contributed by atoms with Crippen LogP contribution in [-0.2, 0) is 0 Å². The Hall–Kier alpha value is -5.28. The molecule has 0 saturated carbocycles. The Bertz CT molecular complexity index is 2450. The van der Waals surface area contributed by atoms with Gasteiger partial charge in [0, 0.05) is 37.7 Å². The largest absolute Gasteiger partial charge is 0.455 e. The molecule has 3 heterocycles. The number of pyridine rings is 2. The lowest BCUT2D eigenvalue weighted by atomic mass is 9.92. The Morgan fingerprint density at radius 3 is 1.64 bits per heavy atom. The van der Waals surface area contributed by atoms with Gasteiger partial charge in [-0.05, 0) is 34.4 Å². The molecule has 9 aromatic rings. The molecule has 6 aromatic carbocycles. The summed E-state index contributed by atoms with van der Waals surface area (Å²) in [5.41, 5.74) is 5.45. The maximum absolute atomic E-state index is 6.68. The van der Waals surface area contributed by atoms with Crippen molar-refractivity contribution in [3.8, 4) is 11.4 Å². The lowest BCUT2D eigenvalue weighted by molar-refractivity contribution is 0.673. The summed E-state index contributed by atoms with van der Waals surface area (Å²) >= 11 is 0. The van der Waals surface area contributed by atoms with E-state index in [2.05, 4.69) is 103 Å². The highest BCUT2D eigenvalue weighted by Gasteiger charge is 2.23. The first-order valence-corrected chi connectivity index (χ1v) is 13.2. The predicted octanol–water partition coefficient (Wildman–Crippen LogP) is 9.81. The van der Waals surface area contributed by atoms with Crippen molar-refractivity contribution in [2.45, 2.75) is 0 Å². The van der Waals surface area contributed by atoms with Crippen molar-refractivity contribution in [1.82, 2.24) is 9.97 Å². The van der Waals surface area contributed by atoms with Gasteiger partial charge in [-0.2, -0.15) is 0 Å². The summed E-state index contributed by atoms with van der Waals surface area (Å²) in [6.07, 6.45) is 0. The smallest absolute Gasteiger partial charge is 0.144 e. The molecule has 9 rings (SSSR count). The first-order valence-electron chi connectivity index (χ1n) is 13.2. The van der Waals surface area contributed by atoms with Crippen molar-refractivity contribution in [3.63, 3.8) is 0 Å². The van der Waals surface area contributed by atoms with Crippen LogP contribution in [0.25, 0.3) is 87.4 Å². The zero-order valence-corrected chi connectivity index (χ0v) is 20.8. The molecule has 3 nitrogen and oxygen atoms in total. The third kappa shape index (κ3) is 2.76. The standard InChI is InChI=1S/C36H20N2O/c1-4-15-25-21(11-1)22-12-5-8-18-28(22)37-34(25)35-32-24-14-3-2-13-23(24)31-27-17-7-10-20-30(27)39-36(31)33(32)26-16-6-9-19-29(26)38-35/h1-20H. The van der Waals surface area contributed by atoms with Gasteiger partial charge in [-0.3, -0.25) is 0 Å². The minimum atomic E-state index is 0.879. The second-order valence-electron chi connectivity index (χ2n) is 10.1. The molecule has 3 aromatic heterocycles. The topological polar surface area (TPSA) is 38.9 Å². The SMILES string of the molecule is c1ccc2c(c1)nc(-c1nc3ccccc3c3c4oc5ccccc5c4c4ccccc4c13)c1ccccc12. The molecule has 0 unspecified atom stereocenters. The van der Waals surface area contributed by atoms with E-state index in [1.165, 1.54) is 5.39 Å². The lowest BCUT2D eigenvalue weighted by Gasteiger charge is -2.15. The fraction of sp³-hybridized carbons (Fsp3) is 0. The van der Waals surface area contributed by atoms with E-state index in [0.717, 1.165) is 82.1 Å². The van der Waals surface area contributed by atoms with E-state index in [1.807, 2.05) is 18.2 Å². The first-order chi connectivity index (χ1) is 19.4. The Morgan fingerprint density at radius 1 is 0.359 bits per heavy atom. The van der Waals surface area contributed by atoms with Crippen molar-refractivity contribution in [1.29, 1.82) is 0 Å². The third-order valence-electron chi connectivity index (χ3n) is 8.01. The summed E-state index contributed by atoms with van der Waals surface area (Å²) in [7, 11) is 0. The number of hydrogen-bond donors (Lipinski definition) is 0. The van der Waals surface area contributed by atoms with Gasteiger partial charge in [0.1, 0.15) is 11.2 Å². The second kappa shape index (κ2) is 7.62. The molecule has 0 atom stereocenters. The Kier molecular flexibility index (Phi) is 4.05. The molecule has 39 heavy (non-hydrogen) atoms. The lowest BCUT2D eigenvalue weighted by Crippen LogP contribution is -1.96. The van der Waals surface area contributed by atoms with Crippen molar-refractivity contribution < 1.29 is 4.42 Å². The highest BCUT2D eigenvalue weighted by molar-refractivity contribution is 6.36. The molecule has 0 spiro atoms. The van der Waals surface area contributed by atoms with Crippen molar-refractivity contribution >= 4 is 76.1 Å². The molecule has 0 bridgehead atoms. The summed E-state index contributed by atoms with van der Waals surface area (Å²) in [5.74, 6) is 0. The molecule has 180 valence electrons. The van der Waals surface area contributed by atoms with E-state index in [0.29, 0.717) is 0 Å². The Balaban J connectivity index is 1.61. The summed E-state index contributed by atoms with van der Waals surface area (Å²) in [6, 6.07) is 42.2. The molecule has 0 aliphatic heterocycles. The van der Waals surface area contributed by atoms with E-state index < -0.39 is 0 Å². The number of nitrogens with zero attached hydrogens (tertiary/aromatic N) is 2. The zero-order chi connectivity index (χ0) is 25.5. The van der Waals surface area contributed by atoms with E-state index in [-0.39, 0.29) is 0 Å². The first kappa shape index (κ1) is 20.7. The van der Waals surface area contributed by atoms with Crippen LogP contribution >= 0.6 is 0 Å². The molecule has 0 radical (unpaired) electrons. The van der Waals surface area contributed by atoms with Crippen LogP contribution in [-0.4, -0.2) is 9.97 Å². The number of furan rings is 1. The van der Waals surface area contributed by atoms with Crippen molar-refractivity contribution in [3.05, 3.63) is 121 Å². The van der Waals surface area contributed by atoms with Crippen LogP contribution in [0.3, 0.4) is 0 Å². The van der Waals surface area contributed by atoms with Gasteiger partial charge in [0.25, 0.3) is 0 Å². The normalized spacial score (nSPS) is 12.1. The minimum Gasteiger partial charge on any atom is -0.455 e. The maximum atomic E-state index is 6.68. The zero-order valence-electron chi connectivity index (χ0n) is 20.8. The van der Waals surface area contributed by atoms with Gasteiger partial charge >= 0.3 is 0 Å². The number of hydrogen-bond acceptors (Lipinski definition) is 3. The number of aromatic nitrogens is 2. The van der Waals surface area contributed by atoms with Gasteiger partial charge < -0.3 is 4.42 Å². The maximum Gasteiger partial charge on any atom is 0.144 e. The molecule has 0 saturated heterocycles. The Labute approximate surface area is 222 Å². The second-order valence-corrected chi connectivity index (χ2v) is 10.1. The number of para-hydroxylation sites is 3. The summed E-state index contributed by atoms with van der Waals surface area (Å²) in [6.45, 7) is 0. The molecule has 0 fully saturated rings. The average Bonchev–Trinajstić information content (AvgIpc) is 3.40. The molecule has 0 aliphatic rings. The van der Waals surface area contributed by atoms with Crippen LogP contribution in [0.5, 0.6) is 0 Å². The molecule has 0 N–H and O–H groups in total. The van der Waals surface area contributed by atoms with Crippen LogP contribution < -0.4 is 0 Å². The van der Waals surface area contributed by atoms with E-state index in [1.54, 1.807) is 0 Å². The molecular weight excluding hydrogens is 476 g/mol. The highest BCUT2D eigenvalue weighted by Crippen LogP contribution is 2.46. The molecular formula is C36H20N2O. The van der Waals surface area contributed by atoms with Gasteiger partial charge in [-0.1, -0.05) is 103 Å². The monoisotopic (exact) mass is 496 g/mol. The van der Waals surface area contributed by atoms with Crippen LogP contribution in [0.1, 0.15) is 0 Å². The minimum absolute atomic E-state index is 0.879. The van der Waals surface area contributed by atoms with Crippen LogP contribution in [0, 0.1) is 0 Å². The van der Waals surface area contributed by atoms with Gasteiger partial charge in [-0.25, -0.2) is 9.97 Å². The average molecular weight is 497 g/mol. The predicted molar refractivity (Wildman–Crippen MR) is 162 cm³/mol. The van der Waals surface area contributed by atoms with Gasteiger partial charge in [-0.15, -0.1) is 0 Å². The van der Waals surface area contributed by atoms with E-state index in [9.17, 15) is 0 Å². The van der Waals surface area contributed by atoms with Gasteiger partial charge in [0.15, 0.2) is 0 Å². The number of rotatable bonds is 1. The van der Waals surface area contributed by atoms with E-state index >= 15 is 0 Å². The molecule has 3 heteroatoms. The van der Waals surface area contributed by atoms with Crippen LogP contribution in [0.4, 0.5) is 0 Å². The van der Waals surface area contributed by atoms with Crippen LogP contribution in [0.2, 0.25) is 0 Å². The highest BCUT2D eigenvalue weighted by atomic mass is 16.3. The quantitative estimate of drug-likeness (QED) is 0.212. The summed E-state index contributed by atoms with van der Waals surface area (Å²) < 4.78 is 6.68. The fourth-order valence-electron chi connectivity index (χ4n) is 6.37. The molecule has 0 aliphatic carbocycles. The van der Waals surface area contributed by atoms with Crippen LogP contribution in [0.15, 0.2) is 126 Å². The molecule has 0 amide bonds. The van der Waals surface area contributed by atoms with Gasteiger partial charge in [0.2, 0.25) is 0 Å². The van der Waals surface area contributed by atoms with Crippen molar-refractivity contribution in [2.75, 3.05) is 0 Å². The number of fused-ring (bicyclic) bond motifs is 13. The Morgan fingerprint density at radius 2 is 0.872 bits per heavy atom. The summed E-state index contributed by atoms with van der Waals surface area (Å²) in [4.78, 5) is 10.6.